The molecule has 0 fully saturated rings. The zero-order chi connectivity index (χ0) is 6.41. The van der Waals surface area contributed by atoms with E-state index in [-0.39, 0.29) is 5.91 Å². The molecule has 0 saturated carbocycles. The first-order valence-corrected chi connectivity index (χ1v) is 2.20. The summed E-state index contributed by atoms with van der Waals surface area (Å²) in [5.74, 6) is 4.42. The number of hydrazine groups is 1. The molecule has 0 atom stereocenters. The van der Waals surface area contributed by atoms with Gasteiger partial charge in [-0.1, -0.05) is 5.92 Å². The van der Waals surface area contributed by atoms with Crippen molar-refractivity contribution in [3.05, 3.63) is 0 Å². The number of nitrogens with one attached hydrogen (secondary N) is 2. The maximum absolute atomic E-state index is 10.3. The van der Waals surface area contributed by atoms with E-state index in [1.54, 1.807) is 14.0 Å². The van der Waals surface area contributed by atoms with Crippen LogP contribution >= 0.6 is 0 Å². The van der Waals surface area contributed by atoms with Crippen molar-refractivity contribution >= 4 is 5.91 Å². The highest BCUT2D eigenvalue weighted by Crippen LogP contribution is 1.53. The Bertz CT molecular complexity index is 131. The van der Waals surface area contributed by atoms with Crippen molar-refractivity contribution in [2.24, 2.45) is 0 Å². The predicted molar refractivity (Wildman–Crippen MR) is 30.7 cm³/mol. The summed E-state index contributed by atoms with van der Waals surface area (Å²) in [5, 5.41) is 0. The van der Waals surface area contributed by atoms with Crippen LogP contribution in [0.4, 0.5) is 0 Å². The fourth-order valence-corrected chi connectivity index (χ4v) is 0.258. The van der Waals surface area contributed by atoms with Gasteiger partial charge in [0.1, 0.15) is 0 Å². The van der Waals surface area contributed by atoms with Gasteiger partial charge >= 0.3 is 5.91 Å². The predicted octanol–water partition coefficient (Wildman–Crippen LogP) is -0.740. The molecule has 0 heterocycles. The van der Waals surface area contributed by atoms with Crippen LogP contribution in [0, 0.1) is 11.8 Å². The van der Waals surface area contributed by atoms with Gasteiger partial charge in [-0.15, -0.1) is 0 Å². The van der Waals surface area contributed by atoms with E-state index in [0.29, 0.717) is 0 Å². The number of carbonyl (C=O) groups excluding carboxylic acids is 1. The van der Waals surface area contributed by atoms with Gasteiger partial charge in [-0.3, -0.25) is 10.2 Å². The van der Waals surface area contributed by atoms with E-state index in [9.17, 15) is 4.79 Å². The Morgan fingerprint density at radius 3 is 2.62 bits per heavy atom. The van der Waals surface area contributed by atoms with Crippen LogP contribution in [-0.4, -0.2) is 13.0 Å². The van der Waals surface area contributed by atoms with E-state index in [2.05, 4.69) is 22.7 Å². The van der Waals surface area contributed by atoms with Gasteiger partial charge < -0.3 is 0 Å². The SMILES string of the molecule is CC#CC(=O)NNC. The second kappa shape index (κ2) is 4.16. The molecule has 44 valence electrons. The van der Waals surface area contributed by atoms with Crippen molar-refractivity contribution < 1.29 is 4.79 Å². The minimum Gasteiger partial charge on any atom is -0.281 e. The van der Waals surface area contributed by atoms with Crippen molar-refractivity contribution in [1.82, 2.24) is 10.9 Å². The zero-order valence-electron chi connectivity index (χ0n) is 4.91. The van der Waals surface area contributed by atoms with E-state index in [1.807, 2.05) is 0 Å². The molecular formula is C5H8N2O. The van der Waals surface area contributed by atoms with Gasteiger partial charge in [-0.05, 0) is 12.8 Å². The molecular weight excluding hydrogens is 104 g/mol. The zero-order valence-corrected chi connectivity index (χ0v) is 4.91. The summed E-state index contributed by atoms with van der Waals surface area (Å²) in [7, 11) is 1.61. The van der Waals surface area contributed by atoms with Crippen molar-refractivity contribution in [3.63, 3.8) is 0 Å². The average molecular weight is 112 g/mol. The van der Waals surface area contributed by atoms with Crippen LogP contribution in [0.25, 0.3) is 0 Å². The minimum absolute atomic E-state index is 0.310. The van der Waals surface area contributed by atoms with Crippen LogP contribution in [0.3, 0.4) is 0 Å². The Hall–Kier alpha value is -1.01. The maximum Gasteiger partial charge on any atom is 0.309 e. The molecule has 3 nitrogen and oxygen atoms in total. The molecule has 2 N–H and O–H groups in total. The summed E-state index contributed by atoms with van der Waals surface area (Å²) in [5.41, 5.74) is 4.73. The van der Waals surface area contributed by atoms with Crippen molar-refractivity contribution in [2.45, 2.75) is 6.92 Å². The van der Waals surface area contributed by atoms with Crippen LogP contribution in [0.15, 0.2) is 0 Å². The van der Waals surface area contributed by atoms with Gasteiger partial charge in [-0.2, -0.15) is 0 Å². The van der Waals surface area contributed by atoms with E-state index >= 15 is 0 Å². The third kappa shape index (κ3) is 3.19. The summed E-state index contributed by atoms with van der Waals surface area (Å²) < 4.78 is 0. The quantitative estimate of drug-likeness (QED) is 0.346. The van der Waals surface area contributed by atoms with Crippen molar-refractivity contribution in [1.29, 1.82) is 0 Å². The topological polar surface area (TPSA) is 41.1 Å². The van der Waals surface area contributed by atoms with Gasteiger partial charge in [0.05, 0.1) is 0 Å². The Morgan fingerprint density at radius 2 is 2.25 bits per heavy atom. The standard InChI is InChI=1S/C5H8N2O/c1-3-4-5(8)7-6-2/h6H,1-2H3,(H,7,8). The fraction of sp³-hybridized carbons (Fsp3) is 0.400. The molecule has 8 heavy (non-hydrogen) atoms. The number of rotatable bonds is 1. The highest BCUT2D eigenvalue weighted by Gasteiger charge is 1.85. The molecule has 0 aromatic rings. The molecule has 0 aliphatic rings. The molecule has 0 rings (SSSR count). The van der Waals surface area contributed by atoms with E-state index in [0.717, 1.165) is 0 Å². The number of amides is 1. The van der Waals surface area contributed by atoms with Crippen LogP contribution < -0.4 is 10.9 Å². The third-order valence-electron chi connectivity index (χ3n) is 0.477. The maximum atomic E-state index is 10.3. The van der Waals surface area contributed by atoms with E-state index < -0.39 is 0 Å². The molecule has 0 aromatic heterocycles. The average Bonchev–Trinajstić information content (AvgIpc) is 1.68. The Labute approximate surface area is 48.4 Å². The molecule has 0 aliphatic carbocycles. The second-order valence-corrected chi connectivity index (χ2v) is 1.08. The second-order valence-electron chi connectivity index (χ2n) is 1.08. The fourth-order valence-electron chi connectivity index (χ4n) is 0.258. The lowest BCUT2D eigenvalue weighted by Gasteiger charge is -1.91. The lowest BCUT2D eigenvalue weighted by molar-refractivity contribution is -0.116. The molecule has 0 aliphatic heterocycles. The van der Waals surface area contributed by atoms with Crippen LogP contribution in [0.2, 0.25) is 0 Å². The Kier molecular flexibility index (Phi) is 3.63. The highest BCUT2D eigenvalue weighted by molar-refractivity contribution is 5.92. The smallest absolute Gasteiger partial charge is 0.281 e. The first kappa shape index (κ1) is 6.99. The van der Waals surface area contributed by atoms with Crippen molar-refractivity contribution in [2.75, 3.05) is 7.05 Å². The molecule has 0 radical (unpaired) electrons. The number of hydrogen-bond donors (Lipinski definition) is 2. The first-order chi connectivity index (χ1) is 3.81. The van der Waals surface area contributed by atoms with Gasteiger partial charge in [-0.25, -0.2) is 5.43 Å². The van der Waals surface area contributed by atoms with E-state index in [4.69, 9.17) is 0 Å². The highest BCUT2D eigenvalue weighted by atomic mass is 16.2. The molecule has 3 heteroatoms. The third-order valence-corrected chi connectivity index (χ3v) is 0.477. The summed E-state index contributed by atoms with van der Waals surface area (Å²) in [6.45, 7) is 1.61. The van der Waals surface area contributed by atoms with Crippen LogP contribution in [0.5, 0.6) is 0 Å². The van der Waals surface area contributed by atoms with Crippen LogP contribution in [-0.2, 0) is 4.79 Å². The van der Waals surface area contributed by atoms with Gasteiger partial charge in [0, 0.05) is 7.05 Å². The number of hydrogen-bond acceptors (Lipinski definition) is 2. The lowest BCUT2D eigenvalue weighted by atomic mass is 10.6. The summed E-state index contributed by atoms with van der Waals surface area (Å²) in [6.07, 6.45) is 0. The summed E-state index contributed by atoms with van der Waals surface area (Å²) >= 11 is 0. The summed E-state index contributed by atoms with van der Waals surface area (Å²) in [4.78, 5) is 10.3. The Morgan fingerprint density at radius 1 is 1.62 bits per heavy atom. The molecule has 0 bridgehead atoms. The van der Waals surface area contributed by atoms with Gasteiger partial charge in [0.15, 0.2) is 0 Å². The molecule has 0 unspecified atom stereocenters. The van der Waals surface area contributed by atoms with Crippen molar-refractivity contribution in [3.8, 4) is 11.8 Å². The van der Waals surface area contributed by atoms with E-state index in [1.165, 1.54) is 0 Å². The number of carbonyl (C=O) groups is 1. The molecule has 1 amide bonds. The Balaban J connectivity index is 3.44. The molecule has 0 saturated heterocycles. The largest absolute Gasteiger partial charge is 0.309 e. The van der Waals surface area contributed by atoms with Crippen LogP contribution in [0.1, 0.15) is 6.92 Å². The molecule has 0 aromatic carbocycles. The lowest BCUT2D eigenvalue weighted by Crippen LogP contribution is -2.32. The normalized spacial score (nSPS) is 6.75. The van der Waals surface area contributed by atoms with Gasteiger partial charge in [0.25, 0.3) is 0 Å². The monoisotopic (exact) mass is 112 g/mol. The first-order valence-electron chi connectivity index (χ1n) is 2.20. The summed E-state index contributed by atoms with van der Waals surface area (Å²) in [6, 6.07) is 0. The minimum atomic E-state index is -0.310. The molecule has 0 spiro atoms. The van der Waals surface area contributed by atoms with Gasteiger partial charge in [0.2, 0.25) is 0 Å².